The quantitative estimate of drug-likeness (QED) is 0.0322. The average molecular weight is 1710 g/mol. The molecule has 4 aliphatic rings. The number of aliphatic carboxylic acids is 4. The lowest BCUT2D eigenvalue weighted by molar-refractivity contribution is -0.133. The number of carboxylic acid groups (broad SMARTS) is 4. The van der Waals surface area contributed by atoms with E-state index in [1.165, 1.54) is 92.2 Å². The van der Waals surface area contributed by atoms with E-state index in [9.17, 15) is 60.7 Å². The van der Waals surface area contributed by atoms with Gasteiger partial charge in [0.2, 0.25) is 0 Å². The third kappa shape index (κ3) is 14.5. The van der Waals surface area contributed by atoms with E-state index in [1.54, 1.807) is 24.3 Å². The second kappa shape index (κ2) is 33.1. The van der Waals surface area contributed by atoms with Crippen LogP contribution in [0.25, 0.3) is 131 Å². The normalized spacial score (nSPS) is 14.0. The number of unbranched alkanes of at least 4 members (excludes halogenated alkanes) is 1. The Morgan fingerprint density at radius 2 is 0.672 bits per heavy atom. The molecule has 4 aliphatic heterocycles. The maximum atomic E-state index is 12.2. The molecule has 14 aromatic rings. The van der Waals surface area contributed by atoms with Crippen LogP contribution in [-0.4, -0.2) is 106 Å². The summed E-state index contributed by atoms with van der Waals surface area (Å²) < 4.78 is 54.0. The van der Waals surface area contributed by atoms with Crippen molar-refractivity contribution in [3.05, 3.63) is 204 Å². The SMILES string of the molecule is CCCCC(CC)Cc1ccc(-c2ccc(N(c3ccc(-n4c5ccc(-c6sc(C=C(C#N)C(=O)O)c7c6OCCO7)cc5c5cc(-c6sc(C=C(C#N)C(=O)O)c7c6OCCO7)ccc54)cc3)c3ccc(-n4c5ccc(-c6sc(C=C(C#N)C(=O)O)c7c6OCCO7)cc5c5cc(-c6sc(C=C(C#N)C(=O)O)c7c6OCCO7)ccc54)cc3)cc2)s1. The number of nitrogens with zero attached hydrogens (tertiary/aromatic N) is 7. The summed E-state index contributed by atoms with van der Waals surface area (Å²) in [6.07, 6.45) is 10.9. The fourth-order valence-corrected chi connectivity index (χ4v) is 21.5. The number of hydrogen-bond donors (Lipinski definition) is 4. The molecule has 7 aromatic heterocycles. The molecule has 1 atom stereocenters. The Kier molecular flexibility index (Phi) is 21.4. The summed E-state index contributed by atoms with van der Waals surface area (Å²) >= 11 is 6.82. The Labute approximate surface area is 716 Å². The van der Waals surface area contributed by atoms with Crippen LogP contribution in [0.4, 0.5) is 17.1 Å². The molecule has 0 fully saturated rings. The monoisotopic (exact) mass is 1710 g/mol. The Bertz CT molecular complexity index is 6320. The van der Waals surface area contributed by atoms with Crippen LogP contribution >= 0.6 is 56.7 Å². The maximum Gasteiger partial charge on any atom is 0.346 e. The second-order valence-electron chi connectivity index (χ2n) is 28.9. The minimum absolute atomic E-state index is 0.212. The Balaban J connectivity index is 0.779. The molecule has 0 spiro atoms. The Morgan fingerprint density at radius 3 is 0.951 bits per heavy atom. The van der Waals surface area contributed by atoms with Crippen LogP contribution in [0.15, 0.2) is 180 Å². The molecule has 0 radical (unpaired) electrons. The van der Waals surface area contributed by atoms with Gasteiger partial charge in [-0.1, -0.05) is 75.9 Å². The highest BCUT2D eigenvalue weighted by atomic mass is 32.1. The van der Waals surface area contributed by atoms with E-state index in [0.29, 0.717) is 90.9 Å². The van der Waals surface area contributed by atoms with Gasteiger partial charge in [-0.25, -0.2) is 19.2 Å². The van der Waals surface area contributed by atoms with Gasteiger partial charge in [0.1, 0.15) is 99.4 Å². The first kappa shape index (κ1) is 78.8. The van der Waals surface area contributed by atoms with E-state index in [1.807, 2.05) is 59.9 Å². The van der Waals surface area contributed by atoms with Crippen molar-refractivity contribution < 1.29 is 77.5 Å². The lowest BCUT2D eigenvalue weighted by Gasteiger charge is -2.26. The van der Waals surface area contributed by atoms with Crippen molar-refractivity contribution in [2.75, 3.05) is 57.8 Å². The largest absolute Gasteiger partial charge is 0.485 e. The molecule has 23 nitrogen and oxygen atoms in total. The standard InChI is InChI=1S/C94H67N7O16S5/c1-3-5-6-50(4-2)37-65-23-28-74(118-65)51-7-13-60(14-8-51)99(61-15-19-63(20-16-61)100-70-24-9-52(87-83-79(110-29-33-114-83)75(119-87)42-56(46-95)91(102)103)38-66(70)67-39-53(10-25-71(67)100)88-84-80(111-30-34-115-84)76(120-88)43-57(47-96)92(104)105)62-17-21-64(22-18-62)101-72-26-11-54(89-85-81(112-31-35-116-85)77(121-89)44-58(48-97)93(106)107)40-68(72)69-41-55(12-27-73(69)101)90-86-82(113-32-36-117-86)78(122-90)45-59(49-98)94(108)109/h7-28,38-45,50H,3-6,29-37H2,1-2H3,(H,102,103)(H,104,105)(H,106,107)(H,108,109). The number of thiophene rings is 5. The molecular formula is C94H67N7O16S5. The number of fused-ring (bicyclic) bond motifs is 10. The zero-order chi connectivity index (χ0) is 84.1. The van der Waals surface area contributed by atoms with E-state index in [4.69, 9.17) is 37.9 Å². The third-order valence-electron chi connectivity index (χ3n) is 21.6. The summed E-state index contributed by atoms with van der Waals surface area (Å²) in [5.41, 5.74) is 9.57. The number of carbonyl (C=O) groups is 4. The predicted molar refractivity (Wildman–Crippen MR) is 472 cm³/mol. The fraction of sp³-hybridized carbons (Fsp3) is 0.170. The van der Waals surface area contributed by atoms with E-state index in [0.717, 1.165) is 119 Å². The van der Waals surface area contributed by atoms with Crippen LogP contribution in [0.1, 0.15) is 63.9 Å². The van der Waals surface area contributed by atoms with Crippen LogP contribution < -0.4 is 42.8 Å². The van der Waals surface area contributed by atoms with Gasteiger partial charge in [0.05, 0.1) is 61.1 Å². The third-order valence-corrected chi connectivity index (χ3v) is 27.4. The van der Waals surface area contributed by atoms with Crippen LogP contribution in [0.2, 0.25) is 0 Å². The smallest absolute Gasteiger partial charge is 0.346 e. The van der Waals surface area contributed by atoms with Crippen LogP contribution in [0.5, 0.6) is 46.0 Å². The van der Waals surface area contributed by atoms with Gasteiger partial charge in [0.25, 0.3) is 0 Å². The second-order valence-corrected chi connectivity index (χ2v) is 34.3. The molecule has 18 rings (SSSR count). The fourth-order valence-electron chi connectivity index (χ4n) is 15.9. The zero-order valence-corrected chi connectivity index (χ0v) is 69.0. The molecule has 7 aromatic carbocycles. The molecule has 604 valence electrons. The topological polar surface area (TPSA) is 331 Å². The van der Waals surface area contributed by atoms with Crippen molar-refractivity contribution in [3.63, 3.8) is 0 Å². The number of anilines is 3. The number of aromatic nitrogens is 2. The summed E-state index contributed by atoms with van der Waals surface area (Å²) in [5.74, 6) is -1.86. The molecule has 11 heterocycles. The van der Waals surface area contributed by atoms with Crippen molar-refractivity contribution in [2.45, 2.75) is 46.0 Å². The van der Waals surface area contributed by atoms with Crippen molar-refractivity contribution >= 4 is 166 Å². The van der Waals surface area contributed by atoms with E-state index in [2.05, 4.69) is 137 Å². The molecule has 4 N–H and O–H groups in total. The van der Waals surface area contributed by atoms with E-state index in [-0.39, 0.29) is 52.9 Å². The first-order valence-electron chi connectivity index (χ1n) is 39.0. The summed E-state index contributed by atoms with van der Waals surface area (Å²) in [6, 6.07) is 61.2. The van der Waals surface area contributed by atoms with E-state index >= 15 is 0 Å². The highest BCUT2D eigenvalue weighted by Crippen LogP contribution is 2.57. The van der Waals surface area contributed by atoms with Gasteiger partial charge in [-0.05, 0) is 186 Å². The lowest BCUT2D eigenvalue weighted by atomic mass is 9.95. The molecular weight excluding hydrogens is 1640 g/mol. The molecule has 0 amide bonds. The van der Waals surface area contributed by atoms with Crippen LogP contribution in [-0.2, 0) is 25.6 Å². The van der Waals surface area contributed by atoms with Gasteiger partial charge < -0.3 is 72.4 Å². The number of ether oxygens (including phenoxy) is 8. The summed E-state index contributed by atoms with van der Waals surface area (Å²) in [4.78, 5) is 57.9. The summed E-state index contributed by atoms with van der Waals surface area (Å²) in [7, 11) is 0. The number of hydrogen-bond acceptors (Lipinski definition) is 22. The van der Waals surface area contributed by atoms with Crippen molar-refractivity contribution in [1.82, 2.24) is 9.13 Å². The average Bonchev–Trinajstić information content (AvgIpc) is 1.57. The van der Waals surface area contributed by atoms with Gasteiger partial charge in [-0.2, -0.15) is 21.0 Å². The van der Waals surface area contributed by atoms with Gasteiger partial charge in [-0.3, -0.25) is 0 Å². The molecule has 0 aliphatic carbocycles. The van der Waals surface area contributed by atoms with Crippen LogP contribution in [0.3, 0.4) is 0 Å². The molecule has 122 heavy (non-hydrogen) atoms. The highest BCUT2D eigenvalue weighted by molar-refractivity contribution is 7.18. The molecule has 0 saturated carbocycles. The van der Waals surface area contributed by atoms with E-state index < -0.39 is 46.2 Å². The first-order chi connectivity index (χ1) is 59.5. The number of nitriles is 4. The van der Waals surface area contributed by atoms with Crippen molar-refractivity contribution in [1.29, 1.82) is 21.0 Å². The molecule has 1 unspecified atom stereocenters. The van der Waals surface area contributed by atoms with Gasteiger partial charge in [-0.15, -0.1) is 56.7 Å². The van der Waals surface area contributed by atoms with Gasteiger partial charge >= 0.3 is 23.9 Å². The predicted octanol–water partition coefficient (Wildman–Crippen LogP) is 21.8. The Hall–Kier alpha value is -14.4. The van der Waals surface area contributed by atoms with Crippen molar-refractivity contribution in [2.24, 2.45) is 5.92 Å². The number of rotatable bonds is 24. The zero-order valence-electron chi connectivity index (χ0n) is 64.9. The minimum atomic E-state index is -1.38. The summed E-state index contributed by atoms with van der Waals surface area (Å²) in [6.45, 7) is 6.30. The minimum Gasteiger partial charge on any atom is -0.485 e. The number of benzene rings is 7. The number of carboxylic acids is 4. The molecule has 0 bridgehead atoms. The van der Waals surface area contributed by atoms with Crippen molar-refractivity contribution in [3.8, 4) is 134 Å². The van der Waals surface area contributed by atoms with Gasteiger partial charge in [0.15, 0.2) is 46.0 Å². The summed E-state index contributed by atoms with van der Waals surface area (Å²) in [5, 5.41) is 82.5. The lowest BCUT2D eigenvalue weighted by Crippen LogP contribution is -2.15. The molecule has 28 heteroatoms. The highest BCUT2D eigenvalue weighted by Gasteiger charge is 2.33. The maximum absolute atomic E-state index is 12.2. The van der Waals surface area contributed by atoms with Gasteiger partial charge in [0, 0.05) is 59.7 Å². The molecule has 0 saturated heterocycles. The first-order valence-corrected chi connectivity index (χ1v) is 43.1. The van der Waals surface area contributed by atoms with Crippen LogP contribution in [0, 0.1) is 51.2 Å². The Morgan fingerprint density at radius 1 is 0.385 bits per heavy atom.